The Labute approximate surface area is 229 Å². The van der Waals surface area contributed by atoms with E-state index in [1.165, 1.54) is 44.1 Å². The van der Waals surface area contributed by atoms with Gasteiger partial charge in [0, 0.05) is 30.3 Å². The van der Waals surface area contributed by atoms with Crippen LogP contribution in [-0.2, 0) is 27.2 Å². The van der Waals surface area contributed by atoms with Crippen molar-refractivity contribution in [3.8, 4) is 5.75 Å². The Morgan fingerprint density at radius 3 is 2.13 bits per heavy atom. The van der Waals surface area contributed by atoms with Gasteiger partial charge in [0.2, 0.25) is 0 Å². The topological polar surface area (TPSA) is 74.6 Å². The number of esters is 1. The first-order valence-electron chi connectivity index (χ1n) is 14.4. The summed E-state index contributed by atoms with van der Waals surface area (Å²) in [5, 5.41) is 0. The number of ether oxygens (including phenoxy) is 2. The predicted molar refractivity (Wildman–Crippen MR) is 152 cm³/mol. The van der Waals surface area contributed by atoms with Crippen molar-refractivity contribution in [2.75, 3.05) is 6.61 Å². The molecule has 210 valence electrons. The highest BCUT2D eigenvalue weighted by Gasteiger charge is 2.26. The number of aryl methyl sites for hydroxylation is 2. The van der Waals surface area contributed by atoms with Gasteiger partial charge >= 0.3 is 5.97 Å². The average Bonchev–Trinajstić information content (AvgIpc) is 3.33. The van der Waals surface area contributed by atoms with Gasteiger partial charge < -0.3 is 14.0 Å². The summed E-state index contributed by atoms with van der Waals surface area (Å²) in [4.78, 5) is 37.9. The molecule has 0 aliphatic heterocycles. The molecule has 2 rings (SSSR count). The van der Waals surface area contributed by atoms with E-state index in [9.17, 15) is 14.4 Å². The number of carbonyl (C=O) groups excluding carboxylic acids is 3. The number of nitrogens with zero attached hydrogens (tertiary/aromatic N) is 1. The summed E-state index contributed by atoms with van der Waals surface area (Å²) in [5.41, 5.74) is 2.59. The van der Waals surface area contributed by atoms with Crippen molar-refractivity contribution in [3.05, 3.63) is 53.3 Å². The number of rotatable bonds is 18. The lowest BCUT2D eigenvalue weighted by molar-refractivity contribution is -0.143. The van der Waals surface area contributed by atoms with Gasteiger partial charge in [-0.3, -0.25) is 14.4 Å². The summed E-state index contributed by atoms with van der Waals surface area (Å²) in [5.74, 6) is 0.0872. The number of Topliss-reactive ketones (excluding diaryl/α,β-unsaturated/α-hetero) is 2. The molecule has 0 saturated heterocycles. The Morgan fingerprint density at radius 2 is 1.50 bits per heavy atom. The number of hydrogen-bond acceptors (Lipinski definition) is 5. The standard InChI is InChI=1S/C32H47NO5/c1-7-9-10-11-12-13-14-26-15-18-28(19-16-26)38-25(6)32(36)24(5)33-21-27(17-20-30(34)37-8-2)29(22-33)31(35)23(3)4/h15-16,18-19,21-25H,7-14,17,20H2,1-6H3. The second-order valence-electron chi connectivity index (χ2n) is 10.5. The number of hydrogen-bond donors (Lipinski definition) is 0. The average molecular weight is 526 g/mol. The van der Waals surface area contributed by atoms with E-state index in [4.69, 9.17) is 9.47 Å². The molecule has 0 amide bonds. The molecule has 0 spiro atoms. The van der Waals surface area contributed by atoms with Crippen molar-refractivity contribution in [1.29, 1.82) is 0 Å². The van der Waals surface area contributed by atoms with E-state index in [0.717, 1.165) is 12.0 Å². The molecule has 6 heteroatoms. The van der Waals surface area contributed by atoms with E-state index in [0.29, 0.717) is 24.3 Å². The molecule has 1 aromatic carbocycles. The van der Waals surface area contributed by atoms with Crippen LogP contribution in [0.25, 0.3) is 0 Å². The number of unbranched alkanes of at least 4 members (excludes halogenated alkanes) is 5. The lowest BCUT2D eigenvalue weighted by Crippen LogP contribution is -2.30. The maximum Gasteiger partial charge on any atom is 0.306 e. The van der Waals surface area contributed by atoms with Crippen LogP contribution in [0.2, 0.25) is 0 Å². The minimum absolute atomic E-state index is 0.00685. The number of carbonyl (C=O) groups is 3. The zero-order valence-corrected chi connectivity index (χ0v) is 24.3. The minimum atomic E-state index is -0.649. The van der Waals surface area contributed by atoms with Gasteiger partial charge in [0.25, 0.3) is 0 Å². The van der Waals surface area contributed by atoms with Gasteiger partial charge in [-0.05, 0) is 63.3 Å². The largest absolute Gasteiger partial charge is 0.483 e. The van der Waals surface area contributed by atoms with Crippen LogP contribution in [-0.4, -0.2) is 34.8 Å². The first-order chi connectivity index (χ1) is 18.2. The van der Waals surface area contributed by atoms with Crippen LogP contribution in [0, 0.1) is 5.92 Å². The second-order valence-corrected chi connectivity index (χ2v) is 10.5. The van der Waals surface area contributed by atoms with Crippen molar-refractivity contribution in [1.82, 2.24) is 4.57 Å². The summed E-state index contributed by atoms with van der Waals surface area (Å²) in [6.45, 7) is 11.6. The molecule has 0 bridgehead atoms. The van der Waals surface area contributed by atoms with E-state index in [1.807, 2.05) is 32.9 Å². The van der Waals surface area contributed by atoms with Gasteiger partial charge in [-0.15, -0.1) is 0 Å². The Morgan fingerprint density at radius 1 is 0.842 bits per heavy atom. The summed E-state index contributed by atoms with van der Waals surface area (Å²) >= 11 is 0. The van der Waals surface area contributed by atoms with Gasteiger partial charge in [0.1, 0.15) is 5.75 Å². The molecule has 0 aliphatic carbocycles. The maximum absolute atomic E-state index is 13.2. The maximum atomic E-state index is 13.2. The van der Waals surface area contributed by atoms with Crippen LogP contribution >= 0.6 is 0 Å². The molecule has 1 heterocycles. The van der Waals surface area contributed by atoms with Crippen molar-refractivity contribution >= 4 is 17.5 Å². The lowest BCUT2D eigenvalue weighted by atomic mass is 9.98. The minimum Gasteiger partial charge on any atom is -0.483 e. The first kappa shape index (κ1) is 31.3. The summed E-state index contributed by atoms with van der Waals surface area (Å²) in [6.07, 6.45) is 12.2. The monoisotopic (exact) mass is 525 g/mol. The molecule has 0 aliphatic rings. The Kier molecular flexibility index (Phi) is 13.3. The molecular weight excluding hydrogens is 478 g/mol. The van der Waals surface area contributed by atoms with Crippen LogP contribution < -0.4 is 4.74 Å². The zero-order valence-electron chi connectivity index (χ0n) is 24.3. The van der Waals surface area contributed by atoms with E-state index < -0.39 is 12.1 Å². The molecule has 6 nitrogen and oxygen atoms in total. The van der Waals surface area contributed by atoms with Crippen LogP contribution in [0.3, 0.4) is 0 Å². The molecule has 2 unspecified atom stereocenters. The fourth-order valence-electron chi connectivity index (χ4n) is 4.54. The predicted octanol–water partition coefficient (Wildman–Crippen LogP) is 7.32. The molecular formula is C32H47NO5. The van der Waals surface area contributed by atoms with Crippen LogP contribution in [0.4, 0.5) is 0 Å². The van der Waals surface area contributed by atoms with Gasteiger partial charge in [-0.1, -0.05) is 65.0 Å². The summed E-state index contributed by atoms with van der Waals surface area (Å²) < 4.78 is 12.8. The third kappa shape index (κ3) is 9.77. The Hall–Kier alpha value is -2.89. The third-order valence-corrected chi connectivity index (χ3v) is 6.94. The van der Waals surface area contributed by atoms with Gasteiger partial charge in [-0.25, -0.2) is 0 Å². The molecule has 0 fully saturated rings. The molecule has 0 radical (unpaired) electrons. The SMILES string of the molecule is CCCCCCCCc1ccc(OC(C)C(=O)C(C)n2cc(CCC(=O)OCC)c(C(=O)C(C)C)c2)cc1. The number of ketones is 2. The molecule has 1 aromatic heterocycles. The normalized spacial score (nSPS) is 12.8. The fourth-order valence-corrected chi connectivity index (χ4v) is 4.54. The number of aromatic nitrogens is 1. The smallest absolute Gasteiger partial charge is 0.306 e. The Balaban J connectivity index is 2.00. The molecule has 38 heavy (non-hydrogen) atoms. The van der Waals surface area contributed by atoms with E-state index >= 15 is 0 Å². The summed E-state index contributed by atoms with van der Waals surface area (Å²) in [6, 6.07) is 7.50. The fraction of sp³-hybridized carbons (Fsp3) is 0.594. The van der Waals surface area contributed by atoms with Crippen molar-refractivity contribution in [2.24, 2.45) is 5.92 Å². The van der Waals surface area contributed by atoms with E-state index in [1.54, 1.807) is 30.8 Å². The van der Waals surface area contributed by atoms with Gasteiger partial charge in [-0.2, -0.15) is 0 Å². The van der Waals surface area contributed by atoms with Crippen molar-refractivity contribution in [2.45, 2.75) is 111 Å². The van der Waals surface area contributed by atoms with Gasteiger partial charge in [0.15, 0.2) is 17.7 Å². The molecule has 2 aromatic rings. The Bertz CT molecular complexity index is 1020. The first-order valence-corrected chi connectivity index (χ1v) is 14.4. The molecule has 0 N–H and O–H groups in total. The highest BCUT2D eigenvalue weighted by molar-refractivity contribution is 5.99. The van der Waals surface area contributed by atoms with E-state index in [-0.39, 0.29) is 29.9 Å². The third-order valence-electron chi connectivity index (χ3n) is 6.94. The number of benzene rings is 1. The molecule has 0 saturated carbocycles. The summed E-state index contributed by atoms with van der Waals surface area (Å²) in [7, 11) is 0. The van der Waals surface area contributed by atoms with Crippen LogP contribution in [0.15, 0.2) is 36.7 Å². The van der Waals surface area contributed by atoms with Crippen molar-refractivity contribution in [3.63, 3.8) is 0 Å². The van der Waals surface area contributed by atoms with Gasteiger partial charge in [0.05, 0.1) is 12.6 Å². The van der Waals surface area contributed by atoms with Crippen LogP contribution in [0.1, 0.15) is 114 Å². The highest BCUT2D eigenvalue weighted by atomic mass is 16.5. The van der Waals surface area contributed by atoms with Crippen LogP contribution in [0.5, 0.6) is 5.75 Å². The molecule has 2 atom stereocenters. The second kappa shape index (κ2) is 16.2. The van der Waals surface area contributed by atoms with Crippen molar-refractivity contribution < 1.29 is 23.9 Å². The quantitative estimate of drug-likeness (QED) is 0.116. The van der Waals surface area contributed by atoms with E-state index in [2.05, 4.69) is 19.1 Å². The highest BCUT2D eigenvalue weighted by Crippen LogP contribution is 2.23. The zero-order chi connectivity index (χ0) is 28.1. The lowest BCUT2D eigenvalue weighted by Gasteiger charge is -2.19.